The number of hydrogen-bond donors (Lipinski definition) is 5. The van der Waals surface area contributed by atoms with Crippen LogP contribution in [0.25, 0.3) is 43.2 Å². The number of sulfonamides is 2. The number of thiazole rings is 2. The molecule has 6 N–H and O–H groups in total. The molecule has 6 aliphatic rings. The molecular formula is C77H104N10O17S4. The van der Waals surface area contributed by atoms with Crippen LogP contribution >= 0.6 is 22.7 Å². The fraction of sp³-hybridized carbons (Fsp3) is 0.558. The largest absolute Gasteiger partial charge is 0.496 e. The fourth-order valence-electron chi connectivity index (χ4n) is 13.1. The van der Waals surface area contributed by atoms with E-state index in [1.807, 2.05) is 67.9 Å². The van der Waals surface area contributed by atoms with E-state index in [0.29, 0.717) is 63.6 Å². The van der Waals surface area contributed by atoms with E-state index >= 15 is 0 Å². The van der Waals surface area contributed by atoms with Gasteiger partial charge in [-0.1, -0.05) is 61.1 Å². The average Bonchev–Trinajstić information content (AvgIpc) is 1.58. The van der Waals surface area contributed by atoms with E-state index in [-0.39, 0.29) is 45.2 Å². The molecule has 4 aromatic heterocycles. The van der Waals surface area contributed by atoms with Crippen LogP contribution in [-0.2, 0) is 48.7 Å². The van der Waals surface area contributed by atoms with Gasteiger partial charge in [-0.2, -0.15) is 0 Å². The fourth-order valence-corrected chi connectivity index (χ4v) is 17.0. The number of carbonyl (C=O) groups excluding carboxylic acids is 5. The first kappa shape index (κ1) is 83.5. The number of carbonyl (C=O) groups is 6. The van der Waals surface area contributed by atoms with Crippen LogP contribution < -0.4 is 39.4 Å². The second-order valence-corrected chi connectivity index (χ2v) is 37.9. The van der Waals surface area contributed by atoms with Crippen molar-refractivity contribution in [2.75, 3.05) is 27.3 Å². The first-order valence-corrected chi connectivity index (χ1v) is 40.5. The molecule has 2 aromatic carbocycles. The number of aromatic nitrogens is 4. The Morgan fingerprint density at radius 1 is 0.630 bits per heavy atom. The number of rotatable bonds is 21. The smallest absolute Gasteiger partial charge is 0.411 e. The molecule has 4 saturated carbocycles. The SMILES string of the molecule is C.C=C[C@@H]1C[C@]1(NC(=O)[C@@H]1[C@H](C)[C@@H](Oc2cc(-c3nc(C(C)C)cs3)nc3c(C)c(OC)ccc23)CN1C(=O)OC(C)(C)C)C(=O)NS(=O)(=O)C1(C)CC1.C=C[C@@H]1C[C@]1(NC(=O)[C@@H]1[C@H](C)[C@@H](Oc2cc(-c3nc(C(C)C)cs3)nc3c(C)c(OC)ccc23)CN1C(=O)OC(C)(C)C)C(=O)O.CC1(S(N)(=O)=O)CC1. The van der Waals surface area contributed by atoms with Crippen LogP contribution in [-0.4, -0.2) is 171 Å². The molecule has 0 unspecified atom stereocenters. The summed E-state index contributed by atoms with van der Waals surface area (Å²) >= 11 is 2.98. The van der Waals surface area contributed by atoms with Gasteiger partial charge in [0.2, 0.25) is 31.9 Å². The Hall–Kier alpha value is -8.52. The lowest BCUT2D eigenvalue weighted by atomic mass is 9.98. The molecule has 2 aliphatic heterocycles. The van der Waals surface area contributed by atoms with E-state index in [9.17, 15) is 50.7 Å². The lowest BCUT2D eigenvalue weighted by Gasteiger charge is -2.30. The Bertz CT molecular complexity index is 4750. The number of nitrogens with two attached hydrogens (primary N) is 1. The number of likely N-dealkylation sites (tertiary alicyclic amines) is 2. The summed E-state index contributed by atoms with van der Waals surface area (Å²) in [6, 6.07) is 8.95. The zero-order chi connectivity index (χ0) is 79.0. The minimum atomic E-state index is -3.97. The van der Waals surface area contributed by atoms with Crippen molar-refractivity contribution in [1.82, 2.24) is 45.1 Å². The van der Waals surface area contributed by atoms with E-state index < -0.39 is 136 Å². The number of carboxylic acids is 1. The van der Waals surface area contributed by atoms with Gasteiger partial charge < -0.3 is 44.2 Å². The molecule has 108 heavy (non-hydrogen) atoms. The highest BCUT2D eigenvalue weighted by atomic mass is 32.2. The van der Waals surface area contributed by atoms with Gasteiger partial charge in [-0.25, -0.2) is 56.3 Å². The van der Waals surface area contributed by atoms with Crippen LogP contribution in [0.15, 0.2) is 72.5 Å². The van der Waals surface area contributed by atoms with Crippen molar-refractivity contribution in [1.29, 1.82) is 0 Å². The van der Waals surface area contributed by atoms with E-state index in [1.165, 1.54) is 44.6 Å². The number of methoxy groups -OCH3 is 2. The number of fused-ring (bicyclic) bond motifs is 2. The molecule has 588 valence electrons. The summed E-state index contributed by atoms with van der Waals surface area (Å²) in [5, 5.41) is 27.3. The molecule has 0 radical (unpaired) electrons. The summed E-state index contributed by atoms with van der Waals surface area (Å²) in [6.07, 6.45) is 3.04. The predicted octanol–water partition coefficient (Wildman–Crippen LogP) is 12.3. The van der Waals surface area contributed by atoms with Crippen molar-refractivity contribution in [2.24, 2.45) is 28.8 Å². The Labute approximate surface area is 641 Å². The number of pyridine rings is 2. The van der Waals surface area contributed by atoms with Crippen molar-refractivity contribution in [3.05, 3.63) is 95.0 Å². The van der Waals surface area contributed by atoms with Gasteiger partial charge in [0.05, 0.1) is 59.2 Å². The third kappa shape index (κ3) is 17.1. The lowest BCUT2D eigenvalue weighted by molar-refractivity contribution is -0.144. The quantitative estimate of drug-likeness (QED) is 0.0418. The van der Waals surface area contributed by atoms with Gasteiger partial charge >= 0.3 is 18.2 Å². The van der Waals surface area contributed by atoms with Crippen molar-refractivity contribution >= 4 is 100 Å². The second-order valence-electron chi connectivity index (χ2n) is 31.9. The molecule has 0 bridgehead atoms. The molecule has 2 saturated heterocycles. The lowest BCUT2D eigenvalue weighted by Crippen LogP contribution is -2.58. The first-order chi connectivity index (χ1) is 49.8. The number of hydrogen-bond acceptors (Lipinski definition) is 22. The van der Waals surface area contributed by atoms with Crippen LogP contribution in [0.2, 0.25) is 0 Å². The number of benzene rings is 2. The number of nitrogens with zero attached hydrogens (tertiary/aromatic N) is 6. The van der Waals surface area contributed by atoms with Crippen LogP contribution in [0, 0.1) is 37.5 Å². The third-order valence-corrected chi connectivity index (χ3v) is 26.6. The molecule has 5 amide bonds. The summed E-state index contributed by atoms with van der Waals surface area (Å²) in [7, 11) is -4.00. The van der Waals surface area contributed by atoms with Crippen molar-refractivity contribution < 1.29 is 79.1 Å². The van der Waals surface area contributed by atoms with Crippen LogP contribution in [0.3, 0.4) is 0 Å². The van der Waals surface area contributed by atoms with Gasteiger partial charge in [0.1, 0.15) is 91.0 Å². The van der Waals surface area contributed by atoms with Crippen molar-refractivity contribution in [3.63, 3.8) is 0 Å². The molecular weight excluding hydrogens is 1470 g/mol. The molecule has 10 atom stereocenters. The number of nitrogens with one attached hydrogen (secondary N) is 3. The molecule has 12 rings (SSSR count). The summed E-state index contributed by atoms with van der Waals surface area (Å²) in [5.74, 6) is -2.39. The second kappa shape index (κ2) is 30.7. The predicted molar refractivity (Wildman–Crippen MR) is 415 cm³/mol. The topological polar surface area (TPSA) is 366 Å². The maximum absolute atomic E-state index is 14.3. The summed E-state index contributed by atoms with van der Waals surface area (Å²) < 4.78 is 83.7. The zero-order valence-corrected chi connectivity index (χ0v) is 67.3. The number of carboxylic acid groups (broad SMARTS) is 1. The monoisotopic (exact) mass is 1570 g/mol. The van der Waals surface area contributed by atoms with Gasteiger partial charge in [-0.15, -0.1) is 35.8 Å². The Morgan fingerprint density at radius 2 is 1.01 bits per heavy atom. The van der Waals surface area contributed by atoms with E-state index in [1.54, 1.807) is 76.5 Å². The molecule has 0 spiro atoms. The highest BCUT2D eigenvalue weighted by molar-refractivity contribution is 7.91. The summed E-state index contributed by atoms with van der Waals surface area (Å²) in [4.78, 5) is 103. The van der Waals surface area contributed by atoms with Crippen molar-refractivity contribution in [3.8, 4) is 44.4 Å². The van der Waals surface area contributed by atoms with Gasteiger partial charge in [0.25, 0.3) is 5.91 Å². The van der Waals surface area contributed by atoms with Crippen molar-refractivity contribution in [2.45, 2.75) is 225 Å². The van der Waals surface area contributed by atoms with Gasteiger partial charge in [0.15, 0.2) is 0 Å². The Kier molecular flexibility index (Phi) is 23.8. The summed E-state index contributed by atoms with van der Waals surface area (Å²) in [5.41, 5.74) is 1.47. The van der Waals surface area contributed by atoms with E-state index in [0.717, 1.165) is 50.8 Å². The molecule has 31 heteroatoms. The third-order valence-electron chi connectivity index (χ3n) is 20.9. The normalized spacial score (nSPS) is 24.3. The minimum absolute atomic E-state index is 0. The van der Waals surface area contributed by atoms with Gasteiger partial charge in [-0.05, 0) is 144 Å². The van der Waals surface area contributed by atoms with Crippen LogP contribution in [0.4, 0.5) is 9.59 Å². The highest BCUT2D eigenvalue weighted by Crippen LogP contribution is 2.50. The van der Waals surface area contributed by atoms with Gasteiger partial charge in [0, 0.05) is 68.5 Å². The Morgan fingerprint density at radius 3 is 1.31 bits per heavy atom. The number of primary sulfonamides is 1. The number of aryl methyl sites for hydroxylation is 2. The Balaban J connectivity index is 0.000000225. The molecule has 27 nitrogen and oxygen atoms in total. The van der Waals surface area contributed by atoms with E-state index in [4.69, 9.17) is 53.5 Å². The number of aliphatic carboxylic acids is 1. The zero-order valence-electron chi connectivity index (χ0n) is 64.0. The maximum atomic E-state index is 14.3. The van der Waals surface area contributed by atoms with Crippen LogP contribution in [0.1, 0.15) is 177 Å². The average molecular weight is 1570 g/mol. The van der Waals surface area contributed by atoms with E-state index in [2.05, 4.69) is 56.2 Å². The molecule has 4 aliphatic carbocycles. The minimum Gasteiger partial charge on any atom is -0.496 e. The highest BCUT2D eigenvalue weighted by Gasteiger charge is 2.65. The summed E-state index contributed by atoms with van der Waals surface area (Å²) in [6.45, 7) is 37.0. The first-order valence-electron chi connectivity index (χ1n) is 35.7. The van der Waals surface area contributed by atoms with Gasteiger partial charge in [-0.3, -0.25) is 28.9 Å². The van der Waals surface area contributed by atoms with Crippen LogP contribution in [0.5, 0.6) is 23.0 Å². The molecule has 6 aromatic rings. The number of ether oxygens (including phenoxy) is 6. The molecule has 6 fully saturated rings. The number of amides is 5. The molecule has 6 heterocycles. The maximum Gasteiger partial charge on any atom is 0.411 e. The standard InChI is InChI=1S/C38H49N5O8S2.C34H42N4O7S.C4H9NO2S.CH4/c1-11-23-17-38(23,34(45)42-53(47,48)37(9)14-15-37)41-32(44)31-22(5)29(18-43(31)35(46)51-36(6,7)8)50-28-16-25(33-40-26(19-52-33)20(2)3)39-30-21(4)27(49-10)13-12-24(28)30;1-10-20-14-34(20,31(40)41)37-29(39)28-19(5)26(15-38(28)32(42)45-33(6,7)8)44-25-13-22(30-36-23(16-46-30)17(2)3)35-27-18(4)24(43-9)12-11-21(25)27;1-4(2-3-4)8(5,6)7;/h11-13,16,19-20,22-23,29,31H,1,14-15,17-18H2,2-10H3,(H,41,44)(H,42,45);10-13,16-17,19-20,26,28H,1,14-15H2,2-9H3,(H,37,39)(H,40,41);2-3H2,1H3,(H2,5,6,7);1H4/t22-,23-,29+,31+,38-;19-,20-,26+,28+,34-;;/m11../s1.